The van der Waals surface area contributed by atoms with Gasteiger partial charge >= 0.3 is 6.18 Å². The molecule has 1 heterocycles. The monoisotopic (exact) mass is 292 g/mol. The lowest BCUT2D eigenvalue weighted by Crippen LogP contribution is -2.16. The van der Waals surface area contributed by atoms with Crippen LogP contribution in [0, 0.1) is 0 Å². The summed E-state index contributed by atoms with van der Waals surface area (Å²) in [6.07, 6.45) is -2.86. The van der Waals surface area contributed by atoms with E-state index in [0.29, 0.717) is 18.6 Å². The van der Waals surface area contributed by atoms with Crippen molar-refractivity contribution in [3.05, 3.63) is 65.2 Å². The predicted octanol–water partition coefficient (Wildman–Crippen LogP) is 4.81. The molecule has 0 radical (unpaired) electrons. The molecule has 2 aromatic carbocycles. The summed E-state index contributed by atoms with van der Waals surface area (Å²) in [5.74, 6) is 1.05. The number of rotatable bonds is 2. The summed E-state index contributed by atoms with van der Waals surface area (Å²) in [6, 6.07) is 13.3. The number of hydrogen-bond acceptors (Lipinski definition) is 1. The first-order chi connectivity index (χ1) is 10.0. The summed E-state index contributed by atoms with van der Waals surface area (Å²) < 4.78 is 43.9. The Balaban J connectivity index is 1.85. The molecule has 4 heteroatoms. The lowest BCUT2D eigenvalue weighted by atomic mass is 9.87. The van der Waals surface area contributed by atoms with Crippen LogP contribution in [-0.4, -0.2) is 6.61 Å². The third-order valence-electron chi connectivity index (χ3n) is 3.82. The van der Waals surface area contributed by atoms with E-state index < -0.39 is 11.7 Å². The summed E-state index contributed by atoms with van der Waals surface area (Å²) in [6.45, 7) is 0.612. The first-order valence-electron chi connectivity index (χ1n) is 6.92. The average molecular weight is 292 g/mol. The summed E-state index contributed by atoms with van der Waals surface area (Å²) in [7, 11) is 0. The molecular weight excluding hydrogens is 277 g/mol. The standard InChI is InChI=1S/C17H15F3O/c18-17(19,20)14-5-3-4-12(11-14)10-13-8-9-21-16-7-2-1-6-15(13)16/h1-7,11,13H,8-10H2. The van der Waals surface area contributed by atoms with E-state index in [1.807, 2.05) is 24.3 Å². The SMILES string of the molecule is FC(F)(F)c1cccc(CC2CCOc3ccccc32)c1. The molecule has 0 amide bonds. The summed E-state index contributed by atoms with van der Waals surface area (Å²) in [4.78, 5) is 0. The first kappa shape index (κ1) is 14.0. The number of halogens is 3. The second-order valence-corrected chi connectivity index (χ2v) is 5.27. The molecule has 2 aromatic rings. The molecule has 3 rings (SSSR count). The van der Waals surface area contributed by atoms with Gasteiger partial charge in [-0.1, -0.05) is 36.4 Å². The maximum absolute atomic E-state index is 12.8. The van der Waals surface area contributed by atoms with Gasteiger partial charge in [0.05, 0.1) is 12.2 Å². The molecule has 1 unspecified atom stereocenters. The van der Waals surface area contributed by atoms with Crippen LogP contribution in [0.1, 0.15) is 29.0 Å². The number of fused-ring (bicyclic) bond motifs is 1. The van der Waals surface area contributed by atoms with Crippen LogP contribution >= 0.6 is 0 Å². The second kappa shape index (κ2) is 5.43. The van der Waals surface area contributed by atoms with Crippen LogP contribution in [0.5, 0.6) is 5.75 Å². The van der Waals surface area contributed by atoms with Gasteiger partial charge in [0.25, 0.3) is 0 Å². The van der Waals surface area contributed by atoms with Crippen LogP contribution in [0.4, 0.5) is 13.2 Å². The van der Waals surface area contributed by atoms with Crippen molar-refractivity contribution in [3.63, 3.8) is 0 Å². The highest BCUT2D eigenvalue weighted by Crippen LogP contribution is 2.36. The van der Waals surface area contributed by atoms with Crippen molar-refractivity contribution in [2.45, 2.75) is 24.9 Å². The molecular formula is C17H15F3O. The summed E-state index contributed by atoms with van der Waals surface area (Å²) in [5.41, 5.74) is 1.22. The van der Waals surface area contributed by atoms with E-state index in [1.54, 1.807) is 6.07 Å². The van der Waals surface area contributed by atoms with Crippen molar-refractivity contribution in [2.24, 2.45) is 0 Å². The molecule has 0 saturated carbocycles. The Morgan fingerprint density at radius 3 is 2.67 bits per heavy atom. The zero-order valence-corrected chi connectivity index (χ0v) is 11.4. The van der Waals surface area contributed by atoms with E-state index in [1.165, 1.54) is 12.1 Å². The number of alkyl halides is 3. The second-order valence-electron chi connectivity index (χ2n) is 5.27. The summed E-state index contributed by atoms with van der Waals surface area (Å²) >= 11 is 0. The van der Waals surface area contributed by atoms with Gasteiger partial charge in [-0.2, -0.15) is 13.2 Å². The topological polar surface area (TPSA) is 9.23 Å². The maximum Gasteiger partial charge on any atom is 0.416 e. The van der Waals surface area contributed by atoms with Crippen molar-refractivity contribution in [1.29, 1.82) is 0 Å². The van der Waals surface area contributed by atoms with Crippen molar-refractivity contribution in [3.8, 4) is 5.75 Å². The molecule has 110 valence electrons. The number of ether oxygens (including phenoxy) is 1. The van der Waals surface area contributed by atoms with E-state index in [-0.39, 0.29) is 5.92 Å². The molecule has 0 N–H and O–H groups in total. The molecule has 0 saturated heterocycles. The molecule has 1 aliphatic heterocycles. The normalized spacial score (nSPS) is 18.0. The minimum atomic E-state index is -4.29. The van der Waals surface area contributed by atoms with E-state index in [4.69, 9.17) is 4.74 Å². The van der Waals surface area contributed by atoms with Gasteiger partial charge in [-0.25, -0.2) is 0 Å². The quantitative estimate of drug-likeness (QED) is 0.771. The summed E-state index contributed by atoms with van der Waals surface area (Å²) in [5, 5.41) is 0. The number of para-hydroxylation sites is 1. The Morgan fingerprint density at radius 1 is 1.05 bits per heavy atom. The zero-order chi connectivity index (χ0) is 14.9. The van der Waals surface area contributed by atoms with Gasteiger partial charge in [-0.05, 0) is 42.0 Å². The molecule has 21 heavy (non-hydrogen) atoms. The molecule has 0 aliphatic carbocycles. The average Bonchev–Trinajstić information content (AvgIpc) is 2.47. The van der Waals surface area contributed by atoms with Crippen molar-refractivity contribution < 1.29 is 17.9 Å². The Bertz CT molecular complexity index is 634. The van der Waals surface area contributed by atoms with E-state index in [2.05, 4.69) is 0 Å². The van der Waals surface area contributed by atoms with Crippen molar-refractivity contribution in [2.75, 3.05) is 6.61 Å². The Kier molecular flexibility index (Phi) is 3.62. The van der Waals surface area contributed by atoms with Gasteiger partial charge in [-0.3, -0.25) is 0 Å². The van der Waals surface area contributed by atoms with Gasteiger partial charge in [0.1, 0.15) is 5.75 Å². The Hall–Kier alpha value is -1.97. The van der Waals surface area contributed by atoms with Gasteiger partial charge in [0.2, 0.25) is 0 Å². The lowest BCUT2D eigenvalue weighted by molar-refractivity contribution is -0.137. The van der Waals surface area contributed by atoms with Crippen LogP contribution in [0.3, 0.4) is 0 Å². The molecule has 0 fully saturated rings. The third-order valence-corrected chi connectivity index (χ3v) is 3.82. The smallest absolute Gasteiger partial charge is 0.416 e. The lowest BCUT2D eigenvalue weighted by Gasteiger charge is -2.26. The van der Waals surface area contributed by atoms with Gasteiger partial charge in [0.15, 0.2) is 0 Å². The minimum absolute atomic E-state index is 0.207. The number of benzene rings is 2. The van der Waals surface area contributed by atoms with Crippen LogP contribution < -0.4 is 4.74 Å². The van der Waals surface area contributed by atoms with E-state index in [9.17, 15) is 13.2 Å². The third kappa shape index (κ3) is 3.04. The molecule has 0 bridgehead atoms. The number of hydrogen-bond donors (Lipinski definition) is 0. The minimum Gasteiger partial charge on any atom is -0.493 e. The van der Waals surface area contributed by atoms with E-state index in [0.717, 1.165) is 23.8 Å². The van der Waals surface area contributed by atoms with Gasteiger partial charge in [0, 0.05) is 0 Å². The highest BCUT2D eigenvalue weighted by atomic mass is 19.4. The van der Waals surface area contributed by atoms with Gasteiger partial charge < -0.3 is 4.74 Å². The molecule has 0 spiro atoms. The predicted molar refractivity (Wildman–Crippen MR) is 74.4 cm³/mol. The molecule has 1 nitrogen and oxygen atoms in total. The zero-order valence-electron chi connectivity index (χ0n) is 11.4. The fourth-order valence-electron chi connectivity index (χ4n) is 2.79. The van der Waals surface area contributed by atoms with Crippen LogP contribution in [-0.2, 0) is 12.6 Å². The molecule has 1 aliphatic rings. The van der Waals surface area contributed by atoms with Crippen LogP contribution in [0.25, 0.3) is 0 Å². The first-order valence-corrected chi connectivity index (χ1v) is 6.92. The van der Waals surface area contributed by atoms with Gasteiger partial charge in [-0.15, -0.1) is 0 Å². The van der Waals surface area contributed by atoms with Crippen LogP contribution in [0.2, 0.25) is 0 Å². The molecule has 0 aromatic heterocycles. The maximum atomic E-state index is 12.8. The fraction of sp³-hybridized carbons (Fsp3) is 0.294. The molecule has 1 atom stereocenters. The fourth-order valence-corrected chi connectivity index (χ4v) is 2.79. The van der Waals surface area contributed by atoms with Crippen molar-refractivity contribution in [1.82, 2.24) is 0 Å². The van der Waals surface area contributed by atoms with E-state index >= 15 is 0 Å². The highest BCUT2D eigenvalue weighted by molar-refractivity contribution is 5.39. The largest absolute Gasteiger partial charge is 0.493 e. The highest BCUT2D eigenvalue weighted by Gasteiger charge is 2.30. The Morgan fingerprint density at radius 2 is 1.86 bits per heavy atom. The van der Waals surface area contributed by atoms with Crippen molar-refractivity contribution >= 4 is 0 Å². The van der Waals surface area contributed by atoms with Crippen LogP contribution in [0.15, 0.2) is 48.5 Å². The Labute approximate surface area is 121 Å².